The number of anilines is 1. The van der Waals surface area contributed by atoms with Gasteiger partial charge in [0.15, 0.2) is 0 Å². The zero-order valence-electron chi connectivity index (χ0n) is 14.8. The van der Waals surface area contributed by atoms with Crippen molar-refractivity contribution in [3.63, 3.8) is 0 Å². The van der Waals surface area contributed by atoms with E-state index in [4.69, 9.17) is 0 Å². The molecule has 0 spiro atoms. The van der Waals surface area contributed by atoms with Crippen LogP contribution in [0.3, 0.4) is 0 Å². The van der Waals surface area contributed by atoms with Crippen LogP contribution in [0.15, 0.2) is 76.3 Å². The van der Waals surface area contributed by atoms with Gasteiger partial charge in [0.05, 0.1) is 5.69 Å². The molecular formula is C20H20N2O3S2. The maximum atomic E-state index is 12.5. The van der Waals surface area contributed by atoms with Gasteiger partial charge in [0.1, 0.15) is 4.21 Å². The number of nitrogens with one attached hydrogen (secondary N) is 1. The van der Waals surface area contributed by atoms with Crippen LogP contribution in [0.25, 0.3) is 0 Å². The third-order valence-electron chi connectivity index (χ3n) is 4.15. The lowest BCUT2D eigenvalue weighted by molar-refractivity contribution is 0.0954. The molecule has 0 radical (unpaired) electrons. The second-order valence-corrected chi connectivity index (χ2v) is 9.09. The number of carbonyl (C=O) groups excluding carboxylic acids is 1. The number of thiophene rings is 1. The third-order valence-corrected chi connectivity index (χ3v) is 7.30. The highest BCUT2D eigenvalue weighted by Crippen LogP contribution is 2.25. The van der Waals surface area contributed by atoms with E-state index < -0.39 is 10.0 Å². The van der Waals surface area contributed by atoms with Crippen molar-refractivity contribution in [2.24, 2.45) is 0 Å². The lowest BCUT2D eigenvalue weighted by Gasteiger charge is -2.18. The molecular weight excluding hydrogens is 380 g/mol. The average molecular weight is 401 g/mol. The lowest BCUT2D eigenvalue weighted by atomic mass is 10.1. The highest BCUT2D eigenvalue weighted by Gasteiger charge is 2.22. The summed E-state index contributed by atoms with van der Waals surface area (Å²) < 4.78 is 26.6. The van der Waals surface area contributed by atoms with Gasteiger partial charge >= 0.3 is 0 Å². The number of carbonyl (C=O) groups is 1. The predicted molar refractivity (Wildman–Crippen MR) is 109 cm³/mol. The quantitative estimate of drug-likeness (QED) is 0.660. The number of hydrogen-bond acceptors (Lipinski definition) is 4. The summed E-state index contributed by atoms with van der Waals surface area (Å²) in [5, 5.41) is 4.61. The highest BCUT2D eigenvalue weighted by atomic mass is 32.2. The Morgan fingerprint density at radius 2 is 1.70 bits per heavy atom. The molecule has 1 amide bonds. The summed E-state index contributed by atoms with van der Waals surface area (Å²) in [6.07, 6.45) is 0.756. The maximum absolute atomic E-state index is 12.5. The average Bonchev–Trinajstić information content (AvgIpc) is 3.24. The SMILES string of the molecule is CN(c1ccc(C(=O)NCCc2ccccc2)cc1)S(=O)(=O)c1cccs1. The fraction of sp³-hybridized carbons (Fsp3) is 0.150. The minimum absolute atomic E-state index is 0.179. The van der Waals surface area contributed by atoms with Gasteiger partial charge in [-0.2, -0.15) is 0 Å². The number of rotatable bonds is 7. The summed E-state index contributed by atoms with van der Waals surface area (Å²) in [4.78, 5) is 12.3. The first-order chi connectivity index (χ1) is 13.0. The molecule has 1 aromatic heterocycles. The molecule has 0 fully saturated rings. The van der Waals surface area contributed by atoms with Gasteiger partial charge in [0, 0.05) is 19.2 Å². The molecule has 0 aliphatic carbocycles. The minimum Gasteiger partial charge on any atom is -0.352 e. The summed E-state index contributed by atoms with van der Waals surface area (Å²) in [5.74, 6) is -0.179. The van der Waals surface area contributed by atoms with E-state index in [1.165, 1.54) is 22.7 Å². The van der Waals surface area contributed by atoms with Crippen LogP contribution in [0.2, 0.25) is 0 Å². The molecule has 2 aromatic carbocycles. The molecule has 140 valence electrons. The van der Waals surface area contributed by atoms with Crippen molar-refractivity contribution in [1.82, 2.24) is 5.32 Å². The first-order valence-corrected chi connectivity index (χ1v) is 10.7. The van der Waals surface area contributed by atoms with E-state index in [1.54, 1.807) is 41.8 Å². The molecule has 0 aliphatic heterocycles. The number of nitrogens with zero attached hydrogens (tertiary/aromatic N) is 1. The Labute approximate surface area is 163 Å². The van der Waals surface area contributed by atoms with Crippen molar-refractivity contribution in [3.8, 4) is 0 Å². The van der Waals surface area contributed by atoms with Crippen LogP contribution >= 0.6 is 11.3 Å². The highest BCUT2D eigenvalue weighted by molar-refractivity contribution is 7.94. The molecule has 27 heavy (non-hydrogen) atoms. The lowest BCUT2D eigenvalue weighted by Crippen LogP contribution is -2.27. The molecule has 0 bridgehead atoms. The van der Waals surface area contributed by atoms with Gasteiger partial charge in [-0.3, -0.25) is 9.10 Å². The Bertz CT molecular complexity index is 983. The third kappa shape index (κ3) is 4.56. The van der Waals surface area contributed by atoms with Crippen molar-refractivity contribution in [1.29, 1.82) is 0 Å². The second-order valence-electron chi connectivity index (χ2n) is 5.94. The molecule has 0 saturated heterocycles. The summed E-state index contributed by atoms with van der Waals surface area (Å²) in [5.41, 5.74) is 2.16. The number of hydrogen-bond donors (Lipinski definition) is 1. The van der Waals surface area contributed by atoms with E-state index in [1.807, 2.05) is 30.3 Å². The summed E-state index contributed by atoms with van der Waals surface area (Å²) in [6.45, 7) is 0.539. The minimum atomic E-state index is -3.58. The molecule has 1 N–H and O–H groups in total. The van der Waals surface area contributed by atoms with Crippen molar-refractivity contribution < 1.29 is 13.2 Å². The predicted octanol–water partition coefficient (Wildman–Crippen LogP) is 3.55. The van der Waals surface area contributed by atoms with Gasteiger partial charge in [0.2, 0.25) is 0 Å². The number of amides is 1. The van der Waals surface area contributed by atoms with E-state index in [-0.39, 0.29) is 10.1 Å². The van der Waals surface area contributed by atoms with Crippen molar-refractivity contribution in [3.05, 3.63) is 83.2 Å². The monoisotopic (exact) mass is 400 g/mol. The second kappa shape index (κ2) is 8.37. The fourth-order valence-corrected chi connectivity index (χ4v) is 4.93. The smallest absolute Gasteiger partial charge is 0.273 e. The van der Waals surface area contributed by atoms with Crippen LogP contribution in [0.1, 0.15) is 15.9 Å². The van der Waals surface area contributed by atoms with E-state index in [9.17, 15) is 13.2 Å². The van der Waals surface area contributed by atoms with Gasteiger partial charge in [-0.25, -0.2) is 8.42 Å². The van der Waals surface area contributed by atoms with Crippen molar-refractivity contribution >= 4 is 33.0 Å². The Kier molecular flexibility index (Phi) is 5.93. The molecule has 0 saturated carbocycles. The molecule has 7 heteroatoms. The Morgan fingerprint density at radius 1 is 1.00 bits per heavy atom. The first-order valence-electron chi connectivity index (χ1n) is 8.43. The Hall–Kier alpha value is -2.64. The van der Waals surface area contributed by atoms with Crippen LogP contribution < -0.4 is 9.62 Å². The first kappa shape index (κ1) is 19.1. The van der Waals surface area contributed by atoms with Gasteiger partial charge in [-0.05, 0) is 47.7 Å². The summed E-state index contributed by atoms with van der Waals surface area (Å²) in [7, 11) is -2.07. The van der Waals surface area contributed by atoms with Gasteiger partial charge < -0.3 is 5.32 Å². The fourth-order valence-electron chi connectivity index (χ4n) is 2.57. The molecule has 1 heterocycles. The van der Waals surface area contributed by atoms with Crippen molar-refractivity contribution in [2.75, 3.05) is 17.9 Å². The molecule has 0 atom stereocenters. The number of benzene rings is 2. The number of sulfonamides is 1. The maximum Gasteiger partial charge on any atom is 0.273 e. The summed E-state index contributed by atoms with van der Waals surface area (Å²) >= 11 is 1.17. The normalized spacial score (nSPS) is 11.1. The van der Waals surface area contributed by atoms with Gasteiger partial charge in [-0.1, -0.05) is 36.4 Å². The van der Waals surface area contributed by atoms with Crippen LogP contribution in [0.4, 0.5) is 5.69 Å². The Morgan fingerprint density at radius 3 is 2.33 bits per heavy atom. The van der Waals surface area contributed by atoms with E-state index >= 15 is 0 Å². The zero-order chi connectivity index (χ0) is 19.3. The summed E-state index contributed by atoms with van der Waals surface area (Å²) in [6, 6.07) is 19.7. The van der Waals surface area contributed by atoms with E-state index in [0.717, 1.165) is 12.0 Å². The van der Waals surface area contributed by atoms with Crippen LogP contribution in [0.5, 0.6) is 0 Å². The van der Waals surface area contributed by atoms with Crippen LogP contribution in [-0.4, -0.2) is 27.9 Å². The molecule has 0 unspecified atom stereocenters. The standard InChI is InChI=1S/C20H20N2O3S2/c1-22(27(24,25)19-8-5-15-26-19)18-11-9-17(10-12-18)20(23)21-14-13-16-6-3-2-4-7-16/h2-12,15H,13-14H2,1H3,(H,21,23). The van der Waals surface area contributed by atoms with Crippen LogP contribution in [-0.2, 0) is 16.4 Å². The largest absolute Gasteiger partial charge is 0.352 e. The topological polar surface area (TPSA) is 66.5 Å². The van der Waals surface area contributed by atoms with E-state index in [2.05, 4.69) is 5.32 Å². The molecule has 3 rings (SSSR count). The van der Waals surface area contributed by atoms with E-state index in [0.29, 0.717) is 17.8 Å². The molecule has 0 aliphatic rings. The molecule has 3 aromatic rings. The van der Waals surface area contributed by atoms with Crippen molar-refractivity contribution in [2.45, 2.75) is 10.6 Å². The van der Waals surface area contributed by atoms with Gasteiger partial charge in [0.25, 0.3) is 15.9 Å². The van der Waals surface area contributed by atoms with Crippen LogP contribution in [0, 0.1) is 0 Å². The Balaban J connectivity index is 1.62. The van der Waals surface area contributed by atoms with Gasteiger partial charge in [-0.15, -0.1) is 11.3 Å². The zero-order valence-corrected chi connectivity index (χ0v) is 16.5. The molecule has 5 nitrogen and oxygen atoms in total.